The van der Waals surface area contributed by atoms with Gasteiger partial charge in [-0.2, -0.15) is 4.99 Å². The standard InChI is InChI=1S/C22H20N4O4S/c1-3-30-21(28)14-8-9-18-19(12-14)31-22(26(18)10-11-29-2)25-20(27)17-13-23-15-6-4-5-7-16(15)24-17/h4-9,12-13H,3,10-11H2,1-2H3. The van der Waals surface area contributed by atoms with E-state index in [1.165, 1.54) is 17.5 Å². The molecule has 2 aromatic carbocycles. The zero-order valence-corrected chi connectivity index (χ0v) is 17.9. The number of esters is 1. The summed E-state index contributed by atoms with van der Waals surface area (Å²) in [4.78, 5) is 38.4. The number of para-hydroxylation sites is 2. The Bertz CT molecular complexity index is 1340. The van der Waals surface area contributed by atoms with E-state index < -0.39 is 5.91 Å². The highest BCUT2D eigenvalue weighted by atomic mass is 32.1. The van der Waals surface area contributed by atoms with E-state index in [4.69, 9.17) is 9.47 Å². The molecular weight excluding hydrogens is 416 g/mol. The molecule has 8 nitrogen and oxygen atoms in total. The number of ether oxygens (including phenoxy) is 2. The first kappa shape index (κ1) is 20.8. The fourth-order valence-electron chi connectivity index (χ4n) is 3.10. The van der Waals surface area contributed by atoms with Crippen LogP contribution < -0.4 is 4.80 Å². The number of amides is 1. The predicted molar refractivity (Wildman–Crippen MR) is 117 cm³/mol. The smallest absolute Gasteiger partial charge is 0.338 e. The summed E-state index contributed by atoms with van der Waals surface area (Å²) < 4.78 is 13.0. The molecule has 0 aliphatic carbocycles. The number of rotatable bonds is 6. The summed E-state index contributed by atoms with van der Waals surface area (Å²) in [7, 11) is 1.61. The van der Waals surface area contributed by atoms with Crippen LogP contribution >= 0.6 is 11.3 Å². The van der Waals surface area contributed by atoms with Gasteiger partial charge in [0.25, 0.3) is 5.91 Å². The maximum Gasteiger partial charge on any atom is 0.338 e. The SMILES string of the molecule is CCOC(=O)c1ccc2c(c1)sc(=NC(=O)c1cnc3ccccc3n1)n2CCOC. The fourth-order valence-corrected chi connectivity index (χ4v) is 4.20. The maximum atomic E-state index is 12.8. The topological polar surface area (TPSA) is 95.7 Å². The van der Waals surface area contributed by atoms with E-state index in [0.717, 1.165) is 10.2 Å². The Hall–Kier alpha value is -3.43. The van der Waals surface area contributed by atoms with E-state index in [-0.39, 0.29) is 11.7 Å². The molecule has 0 aliphatic rings. The van der Waals surface area contributed by atoms with Gasteiger partial charge in [-0.05, 0) is 37.3 Å². The van der Waals surface area contributed by atoms with Crippen molar-refractivity contribution in [2.24, 2.45) is 4.99 Å². The van der Waals surface area contributed by atoms with E-state index in [0.29, 0.717) is 41.2 Å². The molecule has 0 saturated carbocycles. The van der Waals surface area contributed by atoms with Crippen LogP contribution in [0, 0.1) is 0 Å². The van der Waals surface area contributed by atoms with Gasteiger partial charge in [0, 0.05) is 13.7 Å². The van der Waals surface area contributed by atoms with Crippen molar-refractivity contribution in [3.05, 3.63) is 64.7 Å². The van der Waals surface area contributed by atoms with E-state index in [1.54, 1.807) is 32.2 Å². The van der Waals surface area contributed by atoms with Crippen molar-refractivity contribution in [1.82, 2.24) is 14.5 Å². The van der Waals surface area contributed by atoms with Crippen molar-refractivity contribution in [2.45, 2.75) is 13.5 Å². The Labute approximate surface area is 181 Å². The molecule has 0 radical (unpaired) electrons. The summed E-state index contributed by atoms with van der Waals surface area (Å²) in [5, 5.41) is 0. The van der Waals surface area contributed by atoms with Crippen LogP contribution in [0.3, 0.4) is 0 Å². The first-order valence-electron chi connectivity index (χ1n) is 9.71. The van der Waals surface area contributed by atoms with E-state index in [9.17, 15) is 9.59 Å². The quantitative estimate of drug-likeness (QED) is 0.431. The van der Waals surface area contributed by atoms with Gasteiger partial charge in [-0.25, -0.2) is 9.78 Å². The Balaban J connectivity index is 1.78. The van der Waals surface area contributed by atoms with Crippen LogP contribution in [0.2, 0.25) is 0 Å². The Kier molecular flexibility index (Phi) is 6.15. The first-order valence-corrected chi connectivity index (χ1v) is 10.5. The minimum Gasteiger partial charge on any atom is -0.462 e. The number of fused-ring (bicyclic) bond motifs is 2. The monoisotopic (exact) mass is 436 g/mol. The highest BCUT2D eigenvalue weighted by Gasteiger charge is 2.14. The van der Waals surface area contributed by atoms with Crippen LogP contribution in [0.1, 0.15) is 27.8 Å². The fraction of sp³-hybridized carbons (Fsp3) is 0.227. The van der Waals surface area contributed by atoms with Crippen molar-refractivity contribution in [2.75, 3.05) is 20.3 Å². The van der Waals surface area contributed by atoms with Gasteiger partial charge in [0.05, 0.1) is 46.2 Å². The lowest BCUT2D eigenvalue weighted by Gasteiger charge is -2.05. The van der Waals surface area contributed by atoms with Crippen molar-refractivity contribution < 1.29 is 19.1 Å². The molecule has 4 rings (SSSR count). The summed E-state index contributed by atoms with van der Waals surface area (Å²) in [6.07, 6.45) is 1.43. The molecule has 0 saturated heterocycles. The maximum absolute atomic E-state index is 12.8. The lowest BCUT2D eigenvalue weighted by molar-refractivity contribution is 0.0526. The van der Waals surface area contributed by atoms with E-state index >= 15 is 0 Å². The number of hydrogen-bond donors (Lipinski definition) is 0. The molecule has 0 atom stereocenters. The molecule has 0 unspecified atom stereocenters. The molecule has 0 bridgehead atoms. The van der Waals surface area contributed by atoms with Gasteiger partial charge in [-0.3, -0.25) is 9.78 Å². The summed E-state index contributed by atoms with van der Waals surface area (Å²) in [5.41, 5.74) is 2.81. The molecule has 0 N–H and O–H groups in total. The number of hydrogen-bond acceptors (Lipinski definition) is 7. The summed E-state index contributed by atoms with van der Waals surface area (Å²) >= 11 is 1.31. The average molecular weight is 436 g/mol. The van der Waals surface area contributed by atoms with Crippen molar-refractivity contribution >= 4 is 44.5 Å². The normalized spacial score (nSPS) is 11.9. The second kappa shape index (κ2) is 9.15. The minimum atomic E-state index is -0.485. The Morgan fingerprint density at radius 1 is 1.16 bits per heavy atom. The van der Waals surface area contributed by atoms with Gasteiger partial charge in [-0.1, -0.05) is 23.5 Å². The largest absolute Gasteiger partial charge is 0.462 e. The molecule has 0 spiro atoms. The van der Waals surface area contributed by atoms with Crippen LogP contribution in [0.5, 0.6) is 0 Å². The highest BCUT2D eigenvalue weighted by molar-refractivity contribution is 7.16. The van der Waals surface area contributed by atoms with Crippen molar-refractivity contribution in [3.63, 3.8) is 0 Å². The zero-order chi connectivity index (χ0) is 21.8. The van der Waals surface area contributed by atoms with Crippen LogP contribution in [-0.2, 0) is 16.0 Å². The first-order chi connectivity index (χ1) is 15.1. The van der Waals surface area contributed by atoms with Crippen LogP contribution in [-0.4, -0.2) is 46.7 Å². The molecule has 0 aliphatic heterocycles. The highest BCUT2D eigenvalue weighted by Crippen LogP contribution is 2.20. The van der Waals surface area contributed by atoms with E-state index in [1.807, 2.05) is 28.8 Å². The third-order valence-electron chi connectivity index (χ3n) is 4.58. The summed E-state index contributed by atoms with van der Waals surface area (Å²) in [6, 6.07) is 12.6. The van der Waals surface area contributed by atoms with Gasteiger partial charge >= 0.3 is 5.97 Å². The van der Waals surface area contributed by atoms with E-state index in [2.05, 4.69) is 15.0 Å². The number of aromatic nitrogens is 3. The van der Waals surface area contributed by atoms with Gasteiger partial charge in [0.2, 0.25) is 0 Å². The lowest BCUT2D eigenvalue weighted by Crippen LogP contribution is -2.19. The zero-order valence-electron chi connectivity index (χ0n) is 17.1. The summed E-state index contributed by atoms with van der Waals surface area (Å²) in [5.74, 6) is -0.871. The minimum absolute atomic E-state index is 0.168. The van der Waals surface area contributed by atoms with Gasteiger partial charge in [0.15, 0.2) is 4.80 Å². The number of benzene rings is 2. The van der Waals surface area contributed by atoms with Crippen molar-refractivity contribution in [3.8, 4) is 0 Å². The molecular formula is C22H20N4O4S. The lowest BCUT2D eigenvalue weighted by atomic mass is 10.2. The molecule has 2 heterocycles. The third kappa shape index (κ3) is 4.37. The third-order valence-corrected chi connectivity index (χ3v) is 5.62. The Morgan fingerprint density at radius 3 is 2.74 bits per heavy atom. The van der Waals surface area contributed by atoms with Crippen LogP contribution in [0.4, 0.5) is 0 Å². The number of carbonyl (C=O) groups is 2. The number of carbonyl (C=O) groups excluding carboxylic acids is 2. The van der Waals surface area contributed by atoms with Crippen molar-refractivity contribution in [1.29, 1.82) is 0 Å². The molecule has 9 heteroatoms. The summed E-state index contributed by atoms with van der Waals surface area (Å²) in [6.45, 7) is 3.02. The second-order valence-corrected chi connectivity index (χ2v) is 7.60. The average Bonchev–Trinajstić information content (AvgIpc) is 3.13. The van der Waals surface area contributed by atoms with Crippen LogP contribution in [0.15, 0.2) is 53.7 Å². The van der Waals surface area contributed by atoms with Crippen LogP contribution in [0.25, 0.3) is 21.3 Å². The molecule has 2 aromatic heterocycles. The molecule has 4 aromatic rings. The molecule has 0 fully saturated rings. The Morgan fingerprint density at radius 2 is 1.97 bits per heavy atom. The molecule has 158 valence electrons. The van der Waals surface area contributed by atoms with Gasteiger partial charge < -0.3 is 14.0 Å². The van der Waals surface area contributed by atoms with Gasteiger partial charge in [0.1, 0.15) is 5.69 Å². The predicted octanol–water partition coefficient (Wildman–Crippen LogP) is 3.21. The van der Waals surface area contributed by atoms with Gasteiger partial charge in [-0.15, -0.1) is 0 Å². The second-order valence-electron chi connectivity index (χ2n) is 6.59. The number of methoxy groups -OCH3 is 1. The number of nitrogens with zero attached hydrogens (tertiary/aromatic N) is 4. The molecule has 1 amide bonds. The molecule has 31 heavy (non-hydrogen) atoms. The number of thiazole rings is 1.